The first kappa shape index (κ1) is 10.7. The van der Waals surface area contributed by atoms with Gasteiger partial charge in [0.1, 0.15) is 5.76 Å². The van der Waals surface area contributed by atoms with E-state index in [0.717, 1.165) is 24.6 Å². The minimum Gasteiger partial charge on any atom is -0.469 e. The first-order valence-electron chi connectivity index (χ1n) is 5.81. The fourth-order valence-electron chi connectivity index (χ4n) is 2.06. The average molecular weight is 208 g/mol. The Balaban J connectivity index is 1.66. The molecule has 15 heavy (non-hydrogen) atoms. The molecule has 1 aliphatic rings. The van der Waals surface area contributed by atoms with Gasteiger partial charge >= 0.3 is 0 Å². The molecule has 0 amide bonds. The van der Waals surface area contributed by atoms with Crippen molar-refractivity contribution in [1.29, 1.82) is 0 Å². The maximum atomic E-state index is 5.32. The van der Waals surface area contributed by atoms with E-state index >= 15 is 0 Å². The summed E-state index contributed by atoms with van der Waals surface area (Å²) in [5, 5.41) is 6.95. The van der Waals surface area contributed by atoms with Crippen LogP contribution in [0.1, 0.15) is 19.1 Å². The third-order valence-corrected chi connectivity index (χ3v) is 3.00. The standard InChI is InChI=1S/C12H20N2O/c1-10(7-12-3-2-6-15-12)14-9-11-4-5-13-8-11/h2-3,6,10-11,13-14H,4-5,7-9H2,1H3. The van der Waals surface area contributed by atoms with Crippen LogP contribution in [-0.4, -0.2) is 25.7 Å². The van der Waals surface area contributed by atoms with E-state index < -0.39 is 0 Å². The zero-order valence-electron chi connectivity index (χ0n) is 9.33. The molecule has 1 aliphatic heterocycles. The van der Waals surface area contributed by atoms with Gasteiger partial charge in [0.15, 0.2) is 0 Å². The number of hydrogen-bond donors (Lipinski definition) is 2. The van der Waals surface area contributed by atoms with Gasteiger partial charge in [-0.1, -0.05) is 0 Å². The molecule has 1 saturated heterocycles. The van der Waals surface area contributed by atoms with Crippen molar-refractivity contribution in [3.63, 3.8) is 0 Å². The number of nitrogens with one attached hydrogen (secondary N) is 2. The smallest absolute Gasteiger partial charge is 0.105 e. The Morgan fingerprint density at radius 3 is 3.27 bits per heavy atom. The van der Waals surface area contributed by atoms with E-state index in [-0.39, 0.29) is 0 Å². The number of hydrogen-bond acceptors (Lipinski definition) is 3. The molecule has 0 aliphatic carbocycles. The predicted octanol–water partition coefficient (Wildman–Crippen LogP) is 1.41. The summed E-state index contributed by atoms with van der Waals surface area (Å²) >= 11 is 0. The summed E-state index contributed by atoms with van der Waals surface area (Å²) < 4.78 is 5.32. The van der Waals surface area contributed by atoms with E-state index in [1.165, 1.54) is 19.5 Å². The van der Waals surface area contributed by atoms with Crippen LogP contribution in [0, 0.1) is 5.92 Å². The van der Waals surface area contributed by atoms with Crippen molar-refractivity contribution in [1.82, 2.24) is 10.6 Å². The lowest BCUT2D eigenvalue weighted by molar-refractivity contribution is 0.425. The Morgan fingerprint density at radius 1 is 1.67 bits per heavy atom. The van der Waals surface area contributed by atoms with Crippen LogP contribution in [0.5, 0.6) is 0 Å². The van der Waals surface area contributed by atoms with Gasteiger partial charge < -0.3 is 15.1 Å². The molecule has 84 valence electrons. The molecular formula is C12H20N2O. The van der Waals surface area contributed by atoms with Crippen LogP contribution in [0.15, 0.2) is 22.8 Å². The Bertz CT molecular complexity index is 265. The minimum absolute atomic E-state index is 0.497. The topological polar surface area (TPSA) is 37.2 Å². The summed E-state index contributed by atoms with van der Waals surface area (Å²) in [6, 6.07) is 4.48. The molecule has 0 bridgehead atoms. The molecule has 0 spiro atoms. The van der Waals surface area contributed by atoms with E-state index in [0.29, 0.717) is 6.04 Å². The van der Waals surface area contributed by atoms with E-state index in [2.05, 4.69) is 17.6 Å². The molecule has 1 aromatic rings. The van der Waals surface area contributed by atoms with Gasteiger partial charge in [0.2, 0.25) is 0 Å². The maximum absolute atomic E-state index is 5.32. The second-order valence-corrected chi connectivity index (χ2v) is 4.45. The van der Waals surface area contributed by atoms with Gasteiger partial charge in [0.05, 0.1) is 6.26 Å². The highest BCUT2D eigenvalue weighted by Gasteiger charge is 2.15. The van der Waals surface area contributed by atoms with E-state index in [4.69, 9.17) is 4.42 Å². The third-order valence-electron chi connectivity index (χ3n) is 3.00. The summed E-state index contributed by atoms with van der Waals surface area (Å²) in [6.45, 7) is 5.68. The quantitative estimate of drug-likeness (QED) is 0.768. The van der Waals surface area contributed by atoms with Crippen LogP contribution < -0.4 is 10.6 Å². The maximum Gasteiger partial charge on any atom is 0.105 e. The average Bonchev–Trinajstić information content (AvgIpc) is 2.86. The molecule has 1 fully saturated rings. The minimum atomic E-state index is 0.497. The second-order valence-electron chi connectivity index (χ2n) is 4.45. The Hall–Kier alpha value is -0.800. The Labute approximate surface area is 91.2 Å². The lowest BCUT2D eigenvalue weighted by atomic mass is 10.1. The number of rotatable bonds is 5. The summed E-state index contributed by atoms with van der Waals surface area (Å²) in [7, 11) is 0. The monoisotopic (exact) mass is 208 g/mol. The van der Waals surface area contributed by atoms with Crippen LogP contribution in [0.2, 0.25) is 0 Å². The normalized spacial score (nSPS) is 23.1. The van der Waals surface area contributed by atoms with E-state index in [1.54, 1.807) is 6.26 Å². The van der Waals surface area contributed by atoms with Crippen LogP contribution in [0.25, 0.3) is 0 Å². The van der Waals surface area contributed by atoms with Crippen molar-refractivity contribution in [2.75, 3.05) is 19.6 Å². The van der Waals surface area contributed by atoms with Gasteiger partial charge in [-0.05, 0) is 51.0 Å². The Kier molecular flexibility index (Phi) is 3.80. The fourth-order valence-corrected chi connectivity index (χ4v) is 2.06. The summed E-state index contributed by atoms with van der Waals surface area (Å²) in [6.07, 6.45) is 4.02. The van der Waals surface area contributed by atoms with Gasteiger partial charge in [-0.15, -0.1) is 0 Å². The molecule has 2 rings (SSSR count). The Morgan fingerprint density at radius 2 is 2.60 bits per heavy atom. The zero-order valence-corrected chi connectivity index (χ0v) is 9.33. The first-order valence-corrected chi connectivity index (χ1v) is 5.81. The molecule has 0 aromatic carbocycles. The molecule has 2 unspecified atom stereocenters. The lowest BCUT2D eigenvalue weighted by Crippen LogP contribution is -2.33. The molecule has 0 saturated carbocycles. The van der Waals surface area contributed by atoms with Crippen molar-refractivity contribution >= 4 is 0 Å². The molecule has 2 N–H and O–H groups in total. The van der Waals surface area contributed by atoms with Gasteiger partial charge in [0, 0.05) is 12.5 Å². The zero-order chi connectivity index (χ0) is 10.5. The lowest BCUT2D eigenvalue weighted by Gasteiger charge is -2.15. The van der Waals surface area contributed by atoms with Crippen LogP contribution >= 0.6 is 0 Å². The molecule has 2 heterocycles. The van der Waals surface area contributed by atoms with Crippen LogP contribution in [0.4, 0.5) is 0 Å². The molecule has 1 aromatic heterocycles. The van der Waals surface area contributed by atoms with Crippen molar-refractivity contribution in [3.05, 3.63) is 24.2 Å². The van der Waals surface area contributed by atoms with Gasteiger partial charge in [-0.25, -0.2) is 0 Å². The van der Waals surface area contributed by atoms with Crippen LogP contribution in [-0.2, 0) is 6.42 Å². The molecule has 3 nitrogen and oxygen atoms in total. The molecule has 3 heteroatoms. The second kappa shape index (κ2) is 5.33. The van der Waals surface area contributed by atoms with E-state index in [1.807, 2.05) is 12.1 Å². The van der Waals surface area contributed by atoms with Crippen molar-refractivity contribution in [3.8, 4) is 0 Å². The highest BCUT2D eigenvalue weighted by atomic mass is 16.3. The van der Waals surface area contributed by atoms with Crippen molar-refractivity contribution < 1.29 is 4.42 Å². The van der Waals surface area contributed by atoms with Gasteiger partial charge in [-0.2, -0.15) is 0 Å². The van der Waals surface area contributed by atoms with Gasteiger partial charge in [-0.3, -0.25) is 0 Å². The fraction of sp³-hybridized carbons (Fsp3) is 0.667. The van der Waals surface area contributed by atoms with Crippen LogP contribution in [0.3, 0.4) is 0 Å². The van der Waals surface area contributed by atoms with Crippen molar-refractivity contribution in [2.45, 2.75) is 25.8 Å². The number of furan rings is 1. The highest BCUT2D eigenvalue weighted by molar-refractivity contribution is 4.99. The summed E-state index contributed by atoms with van der Waals surface area (Å²) in [4.78, 5) is 0. The largest absolute Gasteiger partial charge is 0.469 e. The SMILES string of the molecule is CC(Cc1ccco1)NCC1CCNC1. The summed E-state index contributed by atoms with van der Waals surface area (Å²) in [5.74, 6) is 1.88. The summed E-state index contributed by atoms with van der Waals surface area (Å²) in [5.41, 5.74) is 0. The third kappa shape index (κ3) is 3.36. The first-order chi connectivity index (χ1) is 7.34. The van der Waals surface area contributed by atoms with Gasteiger partial charge in [0.25, 0.3) is 0 Å². The molecular weight excluding hydrogens is 188 g/mol. The van der Waals surface area contributed by atoms with Crippen molar-refractivity contribution in [2.24, 2.45) is 5.92 Å². The highest BCUT2D eigenvalue weighted by Crippen LogP contribution is 2.07. The van der Waals surface area contributed by atoms with E-state index in [9.17, 15) is 0 Å². The molecule has 2 atom stereocenters. The molecule has 0 radical (unpaired) electrons. The predicted molar refractivity (Wildman–Crippen MR) is 60.9 cm³/mol.